The highest BCUT2D eigenvalue weighted by molar-refractivity contribution is 5.93. The summed E-state index contributed by atoms with van der Waals surface area (Å²) in [7, 11) is 1.61. The van der Waals surface area contributed by atoms with Gasteiger partial charge in [-0.15, -0.1) is 0 Å². The van der Waals surface area contributed by atoms with Crippen LogP contribution in [-0.4, -0.2) is 47.7 Å². The summed E-state index contributed by atoms with van der Waals surface area (Å²) in [6, 6.07) is 13.3. The normalized spacial score (nSPS) is 10.4. The molecule has 0 bridgehead atoms. The largest absolute Gasteiger partial charge is 0.490 e. The summed E-state index contributed by atoms with van der Waals surface area (Å²) in [5.41, 5.74) is 4.08. The fourth-order valence-electron chi connectivity index (χ4n) is 3.56. The maximum atomic E-state index is 11.2. The Hall–Kier alpha value is -4.68. The van der Waals surface area contributed by atoms with Crippen LogP contribution in [0.1, 0.15) is 23.7 Å². The molecule has 0 fully saturated rings. The van der Waals surface area contributed by atoms with Crippen molar-refractivity contribution in [2.75, 3.05) is 32.2 Å². The third-order valence-electron chi connectivity index (χ3n) is 5.48. The fourth-order valence-corrected chi connectivity index (χ4v) is 3.56. The minimum Gasteiger partial charge on any atom is -0.490 e. The molecule has 0 atom stereocenters. The van der Waals surface area contributed by atoms with Crippen molar-refractivity contribution < 1.29 is 19.0 Å². The number of benzene rings is 2. The molecular formula is C29H29N5O4. The number of hydrogen-bond donors (Lipinski definition) is 2. The van der Waals surface area contributed by atoms with Crippen molar-refractivity contribution in [3.63, 3.8) is 0 Å². The summed E-state index contributed by atoms with van der Waals surface area (Å²) in [4.78, 5) is 24.4. The van der Waals surface area contributed by atoms with Crippen LogP contribution in [0.25, 0.3) is 10.9 Å². The van der Waals surface area contributed by atoms with Gasteiger partial charge in [0.2, 0.25) is 5.91 Å². The van der Waals surface area contributed by atoms with Gasteiger partial charge in [-0.1, -0.05) is 11.8 Å². The number of carbonyl (C=O) groups excluding carboxylic acids is 1. The summed E-state index contributed by atoms with van der Waals surface area (Å²) in [6.45, 7) is 6.40. The summed E-state index contributed by atoms with van der Waals surface area (Å²) in [5.74, 6) is 8.53. The van der Waals surface area contributed by atoms with E-state index in [1.807, 2.05) is 56.3 Å². The first-order chi connectivity index (χ1) is 18.4. The van der Waals surface area contributed by atoms with Gasteiger partial charge in [-0.3, -0.25) is 9.78 Å². The SMILES string of the molecule is COCCOc1cc2ncnc(Nc3ccc(Oc4ccc(C)nc4)c(C)c3)c2cc1C#CCNC(C)=O. The number of aromatic nitrogens is 3. The number of nitrogens with zero attached hydrogens (tertiary/aromatic N) is 3. The van der Waals surface area contributed by atoms with Crippen molar-refractivity contribution in [2.24, 2.45) is 0 Å². The molecule has 38 heavy (non-hydrogen) atoms. The molecule has 0 saturated heterocycles. The van der Waals surface area contributed by atoms with Gasteiger partial charge in [-0.2, -0.15) is 0 Å². The number of amides is 1. The number of aryl methyl sites for hydroxylation is 2. The van der Waals surface area contributed by atoms with Crippen LogP contribution in [0.5, 0.6) is 17.2 Å². The highest BCUT2D eigenvalue weighted by Crippen LogP contribution is 2.32. The molecule has 0 aliphatic heterocycles. The Labute approximate surface area is 221 Å². The lowest BCUT2D eigenvalue weighted by Gasteiger charge is -2.14. The van der Waals surface area contributed by atoms with Gasteiger partial charge >= 0.3 is 0 Å². The van der Waals surface area contributed by atoms with Crippen LogP contribution in [0.3, 0.4) is 0 Å². The Kier molecular flexibility index (Phi) is 8.69. The van der Waals surface area contributed by atoms with Crippen LogP contribution in [0, 0.1) is 25.7 Å². The standard InChI is InChI=1S/C29H29N5O4/c1-19-14-23(8-10-27(19)38-24-9-7-20(2)31-17-24)34-29-25-15-22(6-5-11-30-21(3)35)28(37-13-12-36-4)16-26(25)32-18-33-29/h7-10,14-18H,11-13H2,1-4H3,(H,30,35)(H,32,33,34). The van der Waals surface area contributed by atoms with E-state index < -0.39 is 0 Å². The molecule has 4 rings (SSSR count). The molecule has 0 spiro atoms. The number of carbonyl (C=O) groups is 1. The van der Waals surface area contributed by atoms with E-state index in [0.29, 0.717) is 41.6 Å². The Bertz CT molecular complexity index is 1490. The zero-order valence-corrected chi connectivity index (χ0v) is 21.8. The Morgan fingerprint density at radius 2 is 1.87 bits per heavy atom. The molecule has 2 aromatic carbocycles. The van der Waals surface area contributed by atoms with Crippen LogP contribution in [0.2, 0.25) is 0 Å². The Morgan fingerprint density at radius 3 is 2.61 bits per heavy atom. The maximum Gasteiger partial charge on any atom is 0.217 e. The third-order valence-corrected chi connectivity index (χ3v) is 5.48. The van der Waals surface area contributed by atoms with Gasteiger partial charge in [0.25, 0.3) is 0 Å². The molecule has 194 valence electrons. The Morgan fingerprint density at radius 1 is 1.00 bits per heavy atom. The van der Waals surface area contributed by atoms with Crippen LogP contribution in [0.15, 0.2) is 55.0 Å². The summed E-state index contributed by atoms with van der Waals surface area (Å²) in [6.07, 6.45) is 3.21. The number of pyridine rings is 1. The molecule has 0 aliphatic carbocycles. The van der Waals surface area contributed by atoms with Crippen molar-refractivity contribution in [1.29, 1.82) is 0 Å². The number of nitrogens with one attached hydrogen (secondary N) is 2. The number of anilines is 2. The molecular weight excluding hydrogens is 482 g/mol. The first-order valence-electron chi connectivity index (χ1n) is 12.0. The van der Waals surface area contributed by atoms with Crippen LogP contribution < -0.4 is 20.1 Å². The second kappa shape index (κ2) is 12.5. The van der Waals surface area contributed by atoms with Crippen molar-refractivity contribution >= 4 is 28.3 Å². The molecule has 9 heteroatoms. The predicted octanol–water partition coefficient (Wildman–Crippen LogP) is 4.69. The number of rotatable bonds is 9. The van der Waals surface area contributed by atoms with Gasteiger partial charge in [-0.25, -0.2) is 9.97 Å². The van der Waals surface area contributed by atoms with E-state index in [1.54, 1.807) is 13.3 Å². The van der Waals surface area contributed by atoms with E-state index in [1.165, 1.54) is 13.3 Å². The number of ether oxygens (including phenoxy) is 3. The maximum absolute atomic E-state index is 11.2. The average molecular weight is 512 g/mol. The van der Waals surface area contributed by atoms with Crippen LogP contribution >= 0.6 is 0 Å². The van der Waals surface area contributed by atoms with Crippen LogP contribution in [0.4, 0.5) is 11.5 Å². The number of hydrogen-bond acceptors (Lipinski definition) is 8. The van der Waals surface area contributed by atoms with E-state index in [9.17, 15) is 4.79 Å². The molecule has 0 unspecified atom stereocenters. The van der Waals surface area contributed by atoms with E-state index >= 15 is 0 Å². The molecule has 2 aromatic heterocycles. The minimum atomic E-state index is -0.142. The second-order valence-electron chi connectivity index (χ2n) is 8.48. The van der Waals surface area contributed by atoms with Gasteiger partial charge in [0.05, 0.1) is 30.4 Å². The first kappa shape index (κ1) is 26.4. The van der Waals surface area contributed by atoms with E-state index in [0.717, 1.165) is 28.1 Å². The van der Waals surface area contributed by atoms with Crippen molar-refractivity contribution in [2.45, 2.75) is 20.8 Å². The zero-order chi connectivity index (χ0) is 26.9. The monoisotopic (exact) mass is 511 g/mol. The molecule has 0 aliphatic rings. The van der Waals surface area contributed by atoms with Crippen molar-refractivity contribution in [3.8, 4) is 29.1 Å². The lowest BCUT2D eigenvalue weighted by atomic mass is 10.1. The number of methoxy groups -OCH3 is 1. The molecule has 9 nitrogen and oxygen atoms in total. The molecule has 0 radical (unpaired) electrons. The highest BCUT2D eigenvalue weighted by atomic mass is 16.5. The third kappa shape index (κ3) is 6.96. The Balaban J connectivity index is 1.61. The summed E-state index contributed by atoms with van der Waals surface area (Å²) >= 11 is 0. The average Bonchev–Trinajstić information content (AvgIpc) is 2.90. The van der Waals surface area contributed by atoms with Crippen molar-refractivity contribution in [3.05, 3.63) is 71.8 Å². The lowest BCUT2D eigenvalue weighted by Crippen LogP contribution is -2.19. The van der Waals surface area contributed by atoms with Gasteiger partial charge in [0.1, 0.15) is 36.0 Å². The lowest BCUT2D eigenvalue weighted by molar-refractivity contribution is -0.118. The summed E-state index contributed by atoms with van der Waals surface area (Å²) in [5, 5.41) is 6.83. The predicted molar refractivity (Wildman–Crippen MR) is 146 cm³/mol. The first-order valence-corrected chi connectivity index (χ1v) is 12.0. The van der Waals surface area contributed by atoms with Crippen molar-refractivity contribution in [1.82, 2.24) is 20.3 Å². The molecule has 1 amide bonds. The second-order valence-corrected chi connectivity index (χ2v) is 8.48. The van der Waals surface area contributed by atoms with Gasteiger partial charge < -0.3 is 24.8 Å². The summed E-state index contributed by atoms with van der Waals surface area (Å²) < 4.78 is 17.0. The van der Waals surface area contributed by atoms with Gasteiger partial charge in [0, 0.05) is 36.9 Å². The van der Waals surface area contributed by atoms with E-state index in [4.69, 9.17) is 14.2 Å². The van der Waals surface area contributed by atoms with E-state index in [2.05, 4.69) is 37.4 Å². The minimum absolute atomic E-state index is 0.142. The molecule has 0 saturated carbocycles. The zero-order valence-electron chi connectivity index (χ0n) is 21.8. The van der Waals surface area contributed by atoms with Gasteiger partial charge in [-0.05, 0) is 55.8 Å². The fraction of sp³-hybridized carbons (Fsp3) is 0.241. The molecule has 4 aromatic rings. The molecule has 2 N–H and O–H groups in total. The smallest absolute Gasteiger partial charge is 0.217 e. The van der Waals surface area contributed by atoms with E-state index in [-0.39, 0.29) is 12.5 Å². The quantitative estimate of drug-likeness (QED) is 0.246. The number of fused-ring (bicyclic) bond motifs is 1. The van der Waals surface area contributed by atoms with Gasteiger partial charge in [0.15, 0.2) is 0 Å². The highest BCUT2D eigenvalue weighted by Gasteiger charge is 2.12. The topological polar surface area (TPSA) is 107 Å². The van der Waals surface area contributed by atoms with Crippen LogP contribution in [-0.2, 0) is 9.53 Å². The molecule has 2 heterocycles.